The van der Waals surface area contributed by atoms with E-state index >= 15 is 0 Å². The number of nitrogens with zero attached hydrogens (tertiary/aromatic N) is 2. The van der Waals surface area contributed by atoms with E-state index in [4.69, 9.17) is 5.11 Å². The molecule has 21 heavy (non-hydrogen) atoms. The maximum Gasteiger partial charge on any atom is 0.303 e. The summed E-state index contributed by atoms with van der Waals surface area (Å²) in [5.74, 6) is -0.757. The molecule has 0 bridgehead atoms. The van der Waals surface area contributed by atoms with Crippen LogP contribution in [-0.2, 0) is 17.6 Å². The third-order valence-electron chi connectivity index (χ3n) is 3.79. The summed E-state index contributed by atoms with van der Waals surface area (Å²) < 4.78 is 0. The SMILES string of the molecule is Cc1nc(N2CCCc3ccccc32)sc1CCC(=O)O. The third-order valence-corrected chi connectivity index (χ3v) is 5.03. The highest BCUT2D eigenvalue weighted by Crippen LogP contribution is 2.36. The first-order chi connectivity index (χ1) is 10.1. The predicted octanol–water partition coefficient (Wildman–Crippen LogP) is 3.55. The lowest BCUT2D eigenvalue weighted by Gasteiger charge is -2.28. The molecule has 0 saturated carbocycles. The van der Waals surface area contributed by atoms with E-state index in [1.165, 1.54) is 11.3 Å². The van der Waals surface area contributed by atoms with Gasteiger partial charge in [0.05, 0.1) is 12.1 Å². The Kier molecular flexibility index (Phi) is 3.92. The fourth-order valence-corrected chi connectivity index (χ4v) is 3.81. The quantitative estimate of drug-likeness (QED) is 0.938. The Morgan fingerprint density at radius 3 is 3.05 bits per heavy atom. The van der Waals surface area contributed by atoms with E-state index in [9.17, 15) is 4.79 Å². The zero-order chi connectivity index (χ0) is 14.8. The molecule has 1 N–H and O–H groups in total. The molecule has 2 heterocycles. The van der Waals surface area contributed by atoms with E-state index in [1.807, 2.05) is 6.92 Å². The monoisotopic (exact) mass is 302 g/mol. The van der Waals surface area contributed by atoms with Gasteiger partial charge in [-0.25, -0.2) is 4.98 Å². The Morgan fingerprint density at radius 2 is 2.24 bits per heavy atom. The number of rotatable bonds is 4. The van der Waals surface area contributed by atoms with E-state index < -0.39 is 5.97 Å². The maximum atomic E-state index is 10.7. The minimum Gasteiger partial charge on any atom is -0.481 e. The third kappa shape index (κ3) is 2.93. The topological polar surface area (TPSA) is 53.4 Å². The summed E-state index contributed by atoms with van der Waals surface area (Å²) in [5, 5.41) is 9.81. The summed E-state index contributed by atoms with van der Waals surface area (Å²) in [4.78, 5) is 18.7. The molecule has 0 saturated heterocycles. The Morgan fingerprint density at radius 1 is 1.43 bits per heavy atom. The first-order valence-electron chi connectivity index (χ1n) is 7.18. The van der Waals surface area contributed by atoms with Crippen molar-refractivity contribution in [3.63, 3.8) is 0 Å². The molecule has 1 aromatic carbocycles. The number of aliphatic carboxylic acids is 1. The van der Waals surface area contributed by atoms with Crippen LogP contribution in [0.5, 0.6) is 0 Å². The zero-order valence-electron chi connectivity index (χ0n) is 12.0. The van der Waals surface area contributed by atoms with Crippen LogP contribution in [0, 0.1) is 6.92 Å². The van der Waals surface area contributed by atoms with Gasteiger partial charge in [-0.2, -0.15) is 0 Å². The fourth-order valence-electron chi connectivity index (χ4n) is 2.71. The number of aromatic nitrogens is 1. The lowest BCUT2D eigenvalue weighted by atomic mass is 10.0. The second-order valence-corrected chi connectivity index (χ2v) is 6.34. The number of benzene rings is 1. The number of carbonyl (C=O) groups is 1. The standard InChI is InChI=1S/C16H18N2O2S/c1-11-14(8-9-15(19)20)21-16(17-11)18-10-4-6-12-5-2-3-7-13(12)18/h2-3,5,7H,4,6,8-10H2,1H3,(H,19,20). The van der Waals surface area contributed by atoms with Crippen molar-refractivity contribution in [1.82, 2.24) is 4.98 Å². The first kappa shape index (κ1) is 14.1. The Labute approximate surface area is 128 Å². The fraction of sp³-hybridized carbons (Fsp3) is 0.375. The molecular formula is C16H18N2O2S. The predicted molar refractivity (Wildman–Crippen MR) is 84.6 cm³/mol. The van der Waals surface area contributed by atoms with Gasteiger partial charge in [0.2, 0.25) is 0 Å². The minimum atomic E-state index is -0.757. The van der Waals surface area contributed by atoms with Gasteiger partial charge < -0.3 is 10.0 Å². The summed E-state index contributed by atoms with van der Waals surface area (Å²) in [6, 6.07) is 8.45. The van der Waals surface area contributed by atoms with Crippen LogP contribution in [0.15, 0.2) is 24.3 Å². The van der Waals surface area contributed by atoms with Crippen LogP contribution >= 0.6 is 11.3 Å². The molecule has 3 rings (SSSR count). The Hall–Kier alpha value is -1.88. The summed E-state index contributed by atoms with van der Waals surface area (Å²) in [5.41, 5.74) is 3.56. The van der Waals surface area contributed by atoms with Crippen molar-refractivity contribution in [2.24, 2.45) is 0 Å². The number of para-hydroxylation sites is 1. The molecule has 1 aliphatic heterocycles. The summed E-state index contributed by atoms with van der Waals surface area (Å²) in [6.07, 6.45) is 2.97. The highest BCUT2D eigenvalue weighted by Gasteiger charge is 2.21. The minimum absolute atomic E-state index is 0.166. The first-order valence-corrected chi connectivity index (χ1v) is 8.00. The maximum absolute atomic E-state index is 10.7. The van der Waals surface area contributed by atoms with Crippen LogP contribution in [0.4, 0.5) is 10.8 Å². The molecule has 110 valence electrons. The lowest BCUT2D eigenvalue weighted by molar-refractivity contribution is -0.136. The van der Waals surface area contributed by atoms with Crippen molar-refractivity contribution < 1.29 is 9.90 Å². The molecule has 0 spiro atoms. The lowest BCUT2D eigenvalue weighted by Crippen LogP contribution is -2.24. The molecule has 0 unspecified atom stereocenters. The van der Waals surface area contributed by atoms with Crippen LogP contribution in [0.3, 0.4) is 0 Å². The van der Waals surface area contributed by atoms with E-state index in [0.29, 0.717) is 6.42 Å². The molecule has 4 nitrogen and oxygen atoms in total. The number of fused-ring (bicyclic) bond motifs is 1. The van der Waals surface area contributed by atoms with Crippen LogP contribution in [-0.4, -0.2) is 22.6 Å². The van der Waals surface area contributed by atoms with Gasteiger partial charge in [0.15, 0.2) is 5.13 Å². The van der Waals surface area contributed by atoms with Crippen LogP contribution in [0.1, 0.15) is 29.0 Å². The van der Waals surface area contributed by atoms with Crippen molar-refractivity contribution in [2.75, 3.05) is 11.4 Å². The number of anilines is 2. The van der Waals surface area contributed by atoms with Gasteiger partial charge >= 0.3 is 5.97 Å². The van der Waals surface area contributed by atoms with Gasteiger partial charge in [-0.1, -0.05) is 18.2 Å². The number of aryl methyl sites for hydroxylation is 3. The highest BCUT2D eigenvalue weighted by atomic mass is 32.1. The van der Waals surface area contributed by atoms with Gasteiger partial charge in [-0.3, -0.25) is 4.79 Å². The molecule has 0 atom stereocenters. The van der Waals surface area contributed by atoms with Crippen molar-refractivity contribution >= 4 is 28.1 Å². The molecule has 0 radical (unpaired) electrons. The molecule has 0 fully saturated rings. The van der Waals surface area contributed by atoms with Gasteiger partial charge in [0, 0.05) is 17.1 Å². The van der Waals surface area contributed by atoms with E-state index in [1.54, 1.807) is 11.3 Å². The summed E-state index contributed by atoms with van der Waals surface area (Å²) >= 11 is 1.62. The van der Waals surface area contributed by atoms with Crippen molar-refractivity contribution in [3.8, 4) is 0 Å². The molecule has 1 aliphatic rings. The van der Waals surface area contributed by atoms with E-state index in [2.05, 4.69) is 34.1 Å². The Balaban J connectivity index is 1.88. The molecule has 0 aliphatic carbocycles. The van der Waals surface area contributed by atoms with E-state index in [0.717, 1.165) is 35.1 Å². The van der Waals surface area contributed by atoms with E-state index in [-0.39, 0.29) is 6.42 Å². The number of carboxylic acids is 1. The van der Waals surface area contributed by atoms with Crippen molar-refractivity contribution in [3.05, 3.63) is 40.4 Å². The van der Waals surface area contributed by atoms with Gasteiger partial charge in [0.1, 0.15) is 0 Å². The normalized spacial score (nSPS) is 14.0. The van der Waals surface area contributed by atoms with Crippen LogP contribution in [0.25, 0.3) is 0 Å². The average Bonchev–Trinajstić information content (AvgIpc) is 2.85. The number of hydrogen-bond acceptors (Lipinski definition) is 4. The molecular weight excluding hydrogens is 284 g/mol. The second-order valence-electron chi connectivity index (χ2n) is 5.28. The smallest absolute Gasteiger partial charge is 0.303 e. The summed E-state index contributed by atoms with van der Waals surface area (Å²) in [6.45, 7) is 2.94. The number of hydrogen-bond donors (Lipinski definition) is 1. The highest BCUT2D eigenvalue weighted by molar-refractivity contribution is 7.15. The molecule has 0 amide bonds. The van der Waals surface area contributed by atoms with Crippen LogP contribution < -0.4 is 4.90 Å². The summed E-state index contributed by atoms with van der Waals surface area (Å²) in [7, 11) is 0. The molecule has 2 aromatic rings. The molecule has 5 heteroatoms. The zero-order valence-corrected chi connectivity index (χ0v) is 12.8. The second kappa shape index (κ2) is 5.85. The van der Waals surface area contributed by atoms with Gasteiger partial charge in [-0.15, -0.1) is 11.3 Å². The number of carboxylic acid groups (broad SMARTS) is 1. The molecule has 1 aromatic heterocycles. The number of thiazole rings is 1. The average molecular weight is 302 g/mol. The van der Waals surface area contributed by atoms with Gasteiger partial charge in [-0.05, 0) is 37.8 Å². The van der Waals surface area contributed by atoms with Gasteiger partial charge in [0.25, 0.3) is 0 Å². The van der Waals surface area contributed by atoms with Crippen molar-refractivity contribution in [1.29, 1.82) is 0 Å². The Bertz CT molecular complexity index is 666. The van der Waals surface area contributed by atoms with Crippen molar-refractivity contribution in [2.45, 2.75) is 32.6 Å². The largest absolute Gasteiger partial charge is 0.481 e. The van der Waals surface area contributed by atoms with Crippen LogP contribution in [0.2, 0.25) is 0 Å².